The molecular formula is C12H18N4O. The van der Waals surface area contributed by atoms with Crippen molar-refractivity contribution >= 4 is 22.8 Å². The minimum Gasteiger partial charge on any atom is -0.423 e. The van der Waals surface area contributed by atoms with Gasteiger partial charge in [0.1, 0.15) is 5.52 Å². The van der Waals surface area contributed by atoms with Crippen LogP contribution in [0.15, 0.2) is 22.6 Å². The molecule has 0 radical (unpaired) electrons. The highest BCUT2D eigenvalue weighted by Gasteiger charge is 2.11. The van der Waals surface area contributed by atoms with Crippen LogP contribution in [0.2, 0.25) is 0 Å². The molecule has 0 unspecified atom stereocenters. The highest BCUT2D eigenvalue weighted by atomic mass is 16.4. The second-order valence-corrected chi connectivity index (χ2v) is 4.07. The predicted octanol–water partition coefficient (Wildman–Crippen LogP) is 1.46. The summed E-state index contributed by atoms with van der Waals surface area (Å²) in [6, 6.07) is 6.20. The topological polar surface area (TPSA) is 67.3 Å². The van der Waals surface area contributed by atoms with E-state index in [0.29, 0.717) is 11.7 Å². The standard InChI is InChI=1S/C12H18N4O/c1-14-7-4-8-16(2)12-15-11-9(13)5-3-6-10(11)17-12/h3,5-6,14H,4,7-8,13H2,1-2H3. The summed E-state index contributed by atoms with van der Waals surface area (Å²) < 4.78 is 5.66. The molecule has 0 atom stereocenters. The third kappa shape index (κ3) is 2.50. The summed E-state index contributed by atoms with van der Waals surface area (Å²) >= 11 is 0. The van der Waals surface area contributed by atoms with Crippen LogP contribution in [0.25, 0.3) is 11.1 Å². The van der Waals surface area contributed by atoms with Gasteiger partial charge in [0.05, 0.1) is 5.69 Å². The second kappa shape index (κ2) is 5.05. The second-order valence-electron chi connectivity index (χ2n) is 4.07. The van der Waals surface area contributed by atoms with Crippen LogP contribution in [0.4, 0.5) is 11.7 Å². The van der Waals surface area contributed by atoms with E-state index in [1.165, 1.54) is 0 Å². The van der Waals surface area contributed by atoms with E-state index in [2.05, 4.69) is 10.3 Å². The van der Waals surface area contributed by atoms with Gasteiger partial charge in [-0.2, -0.15) is 4.98 Å². The zero-order chi connectivity index (χ0) is 12.3. The van der Waals surface area contributed by atoms with Crippen LogP contribution in [-0.2, 0) is 0 Å². The fourth-order valence-corrected chi connectivity index (χ4v) is 1.71. The van der Waals surface area contributed by atoms with Crippen LogP contribution in [0.3, 0.4) is 0 Å². The number of anilines is 2. The Balaban J connectivity index is 2.16. The molecule has 0 aliphatic heterocycles. The molecule has 0 bridgehead atoms. The number of rotatable bonds is 5. The molecule has 1 heterocycles. The first-order valence-corrected chi connectivity index (χ1v) is 5.73. The highest BCUT2D eigenvalue weighted by molar-refractivity contribution is 5.86. The number of nitrogens with zero attached hydrogens (tertiary/aromatic N) is 2. The lowest BCUT2D eigenvalue weighted by Crippen LogP contribution is -2.22. The van der Waals surface area contributed by atoms with E-state index in [0.717, 1.165) is 30.6 Å². The number of nitrogen functional groups attached to an aromatic ring is 1. The number of nitrogens with two attached hydrogens (primary N) is 1. The molecule has 3 N–H and O–H groups in total. The maximum atomic E-state index is 5.84. The first-order chi connectivity index (χ1) is 8.22. The van der Waals surface area contributed by atoms with Crippen molar-refractivity contribution in [2.75, 3.05) is 37.8 Å². The van der Waals surface area contributed by atoms with Gasteiger partial charge in [0.15, 0.2) is 5.58 Å². The number of hydrogen-bond donors (Lipinski definition) is 2. The van der Waals surface area contributed by atoms with E-state index in [1.807, 2.05) is 37.2 Å². The molecule has 5 nitrogen and oxygen atoms in total. The van der Waals surface area contributed by atoms with Crippen molar-refractivity contribution in [3.05, 3.63) is 18.2 Å². The summed E-state index contributed by atoms with van der Waals surface area (Å²) in [5, 5.41) is 3.11. The SMILES string of the molecule is CNCCCN(C)c1nc2c(N)cccc2o1. The number of para-hydroxylation sites is 1. The Morgan fingerprint density at radius 2 is 2.29 bits per heavy atom. The molecule has 0 fully saturated rings. The minimum absolute atomic E-state index is 0.619. The molecule has 2 rings (SSSR count). The van der Waals surface area contributed by atoms with Crippen molar-refractivity contribution in [2.24, 2.45) is 0 Å². The van der Waals surface area contributed by atoms with Gasteiger partial charge in [-0.15, -0.1) is 0 Å². The minimum atomic E-state index is 0.619. The Morgan fingerprint density at radius 3 is 3.00 bits per heavy atom. The van der Waals surface area contributed by atoms with Gasteiger partial charge < -0.3 is 20.4 Å². The van der Waals surface area contributed by atoms with Crippen molar-refractivity contribution in [3.63, 3.8) is 0 Å². The maximum absolute atomic E-state index is 5.84. The Hall–Kier alpha value is -1.75. The normalized spacial score (nSPS) is 10.9. The smallest absolute Gasteiger partial charge is 0.298 e. The zero-order valence-corrected chi connectivity index (χ0v) is 10.2. The van der Waals surface area contributed by atoms with Gasteiger partial charge >= 0.3 is 0 Å². The number of hydrogen-bond acceptors (Lipinski definition) is 5. The molecule has 92 valence electrons. The average molecular weight is 234 g/mol. The first-order valence-electron chi connectivity index (χ1n) is 5.73. The lowest BCUT2D eigenvalue weighted by atomic mass is 10.3. The molecule has 0 amide bonds. The van der Waals surface area contributed by atoms with E-state index < -0.39 is 0 Å². The van der Waals surface area contributed by atoms with Gasteiger partial charge in [-0.05, 0) is 32.1 Å². The van der Waals surface area contributed by atoms with Crippen molar-refractivity contribution in [2.45, 2.75) is 6.42 Å². The summed E-state index contributed by atoms with van der Waals surface area (Å²) in [4.78, 5) is 6.40. The Kier molecular flexibility index (Phi) is 3.49. The number of benzene rings is 1. The number of oxazole rings is 1. The van der Waals surface area contributed by atoms with Gasteiger partial charge in [0.25, 0.3) is 6.01 Å². The molecular weight excluding hydrogens is 216 g/mol. The highest BCUT2D eigenvalue weighted by Crippen LogP contribution is 2.25. The van der Waals surface area contributed by atoms with Crippen molar-refractivity contribution in [1.82, 2.24) is 10.3 Å². The molecule has 1 aromatic carbocycles. The lowest BCUT2D eigenvalue weighted by Gasteiger charge is -2.13. The molecule has 0 spiro atoms. The van der Waals surface area contributed by atoms with E-state index in [4.69, 9.17) is 10.2 Å². The summed E-state index contributed by atoms with van der Waals surface area (Å²) in [6.07, 6.45) is 1.04. The molecule has 0 aliphatic rings. The third-order valence-electron chi connectivity index (χ3n) is 2.69. The fourth-order valence-electron chi connectivity index (χ4n) is 1.71. The predicted molar refractivity (Wildman–Crippen MR) is 70.2 cm³/mol. The molecule has 1 aromatic heterocycles. The number of nitrogens with one attached hydrogen (secondary N) is 1. The van der Waals surface area contributed by atoms with Gasteiger partial charge in [-0.3, -0.25) is 0 Å². The number of fused-ring (bicyclic) bond motifs is 1. The van der Waals surface area contributed by atoms with E-state index >= 15 is 0 Å². The third-order valence-corrected chi connectivity index (χ3v) is 2.69. The van der Waals surface area contributed by atoms with Crippen molar-refractivity contribution in [1.29, 1.82) is 0 Å². The zero-order valence-electron chi connectivity index (χ0n) is 10.2. The molecule has 0 saturated heterocycles. The van der Waals surface area contributed by atoms with Crippen LogP contribution in [0.5, 0.6) is 0 Å². The van der Waals surface area contributed by atoms with Crippen LogP contribution in [0.1, 0.15) is 6.42 Å². The van der Waals surface area contributed by atoms with Gasteiger partial charge in [0, 0.05) is 13.6 Å². The Morgan fingerprint density at radius 1 is 1.47 bits per heavy atom. The van der Waals surface area contributed by atoms with Crippen molar-refractivity contribution in [3.8, 4) is 0 Å². The largest absolute Gasteiger partial charge is 0.423 e. The van der Waals surface area contributed by atoms with Crippen LogP contribution >= 0.6 is 0 Å². The summed E-state index contributed by atoms with van der Waals surface area (Å²) in [6.45, 7) is 1.88. The van der Waals surface area contributed by atoms with Gasteiger partial charge in [0.2, 0.25) is 0 Å². The quantitative estimate of drug-likeness (QED) is 0.605. The molecule has 0 aliphatic carbocycles. The summed E-state index contributed by atoms with van der Waals surface area (Å²) in [5.74, 6) is 0. The van der Waals surface area contributed by atoms with Gasteiger partial charge in [-0.1, -0.05) is 6.07 Å². The molecule has 5 heteroatoms. The fraction of sp³-hybridized carbons (Fsp3) is 0.417. The summed E-state index contributed by atoms with van der Waals surface area (Å²) in [5.41, 5.74) is 7.97. The van der Waals surface area contributed by atoms with Crippen LogP contribution in [0, 0.1) is 0 Å². The van der Waals surface area contributed by atoms with Crippen LogP contribution in [-0.4, -0.2) is 32.2 Å². The monoisotopic (exact) mass is 234 g/mol. The molecule has 17 heavy (non-hydrogen) atoms. The Labute approximate surface area is 101 Å². The van der Waals surface area contributed by atoms with E-state index in [9.17, 15) is 0 Å². The number of aromatic nitrogens is 1. The first kappa shape index (κ1) is 11.7. The van der Waals surface area contributed by atoms with Gasteiger partial charge in [-0.25, -0.2) is 0 Å². The average Bonchev–Trinajstić information content (AvgIpc) is 2.75. The van der Waals surface area contributed by atoms with E-state index in [-0.39, 0.29) is 0 Å². The molecule has 0 saturated carbocycles. The maximum Gasteiger partial charge on any atom is 0.298 e. The summed E-state index contributed by atoms with van der Waals surface area (Å²) in [7, 11) is 3.91. The Bertz CT molecular complexity index is 494. The van der Waals surface area contributed by atoms with Crippen LogP contribution < -0.4 is 16.0 Å². The lowest BCUT2D eigenvalue weighted by molar-refractivity contribution is 0.574. The van der Waals surface area contributed by atoms with Crippen molar-refractivity contribution < 1.29 is 4.42 Å². The van der Waals surface area contributed by atoms with E-state index in [1.54, 1.807) is 0 Å². The molecule has 2 aromatic rings.